The number of hydrogen-bond acceptors (Lipinski definition) is 5. The van der Waals surface area contributed by atoms with Gasteiger partial charge in [-0.2, -0.15) is 0 Å². The molecule has 0 bridgehead atoms. The van der Waals surface area contributed by atoms with Gasteiger partial charge in [0, 0.05) is 12.2 Å². The Morgan fingerprint density at radius 1 is 1.06 bits per heavy atom. The number of aryl methyl sites for hydroxylation is 1. The molecule has 0 saturated carbocycles. The molecule has 4 nitrogen and oxygen atoms in total. The zero-order chi connectivity index (χ0) is 12.3. The molecular formula is C12H12O4S. The first kappa shape index (κ1) is 11.7. The summed E-state index contributed by atoms with van der Waals surface area (Å²) >= 11 is 1.39. The van der Waals surface area contributed by atoms with E-state index < -0.39 is 5.75 Å². The van der Waals surface area contributed by atoms with E-state index in [4.69, 9.17) is 9.52 Å². The molecule has 0 radical (unpaired) electrons. The highest BCUT2D eigenvalue weighted by atomic mass is 32.2. The van der Waals surface area contributed by atoms with E-state index >= 15 is 0 Å². The molecule has 0 spiro atoms. The van der Waals surface area contributed by atoms with Crippen molar-refractivity contribution in [2.75, 3.05) is 5.75 Å². The molecule has 1 heterocycles. The van der Waals surface area contributed by atoms with Crippen molar-refractivity contribution in [1.82, 2.24) is 0 Å². The average molecular weight is 252 g/mol. The smallest absolute Gasteiger partial charge is 0.201 e. The molecule has 0 aliphatic heterocycles. The Kier molecular flexibility index (Phi) is 3.49. The van der Waals surface area contributed by atoms with E-state index in [1.165, 1.54) is 17.8 Å². The van der Waals surface area contributed by atoms with Gasteiger partial charge in [-0.3, -0.25) is 0 Å². The van der Waals surface area contributed by atoms with Crippen molar-refractivity contribution in [3.63, 3.8) is 0 Å². The minimum atomic E-state index is -0.479. The molecule has 1 aromatic heterocycles. The first-order chi connectivity index (χ1) is 8.18. The van der Waals surface area contributed by atoms with Gasteiger partial charge in [0.2, 0.25) is 5.75 Å². The van der Waals surface area contributed by atoms with Gasteiger partial charge >= 0.3 is 0 Å². The van der Waals surface area contributed by atoms with Crippen molar-refractivity contribution in [2.45, 2.75) is 11.3 Å². The second-order valence-electron chi connectivity index (χ2n) is 3.46. The second kappa shape index (κ2) is 5.05. The minimum absolute atomic E-state index is 0.283. The van der Waals surface area contributed by atoms with E-state index in [1.807, 2.05) is 12.1 Å². The summed E-state index contributed by atoms with van der Waals surface area (Å²) in [7, 11) is 0. The Labute approximate surface area is 103 Å². The second-order valence-corrected chi connectivity index (χ2v) is 4.59. The van der Waals surface area contributed by atoms with Gasteiger partial charge in [-0.05, 0) is 24.3 Å². The molecule has 0 unspecified atom stereocenters. The van der Waals surface area contributed by atoms with Crippen molar-refractivity contribution in [3.8, 4) is 17.2 Å². The van der Waals surface area contributed by atoms with Gasteiger partial charge in [0.05, 0.1) is 11.2 Å². The van der Waals surface area contributed by atoms with Crippen LogP contribution in [0.2, 0.25) is 0 Å². The Morgan fingerprint density at radius 3 is 2.59 bits per heavy atom. The average Bonchev–Trinajstić information content (AvgIpc) is 2.82. The summed E-state index contributed by atoms with van der Waals surface area (Å²) in [5.74, 6) is 0.506. The fourth-order valence-electron chi connectivity index (χ4n) is 1.38. The number of aromatic hydroxyl groups is 3. The maximum Gasteiger partial charge on any atom is 0.201 e. The van der Waals surface area contributed by atoms with Crippen LogP contribution in [0, 0.1) is 0 Å². The summed E-state index contributed by atoms with van der Waals surface area (Å²) in [6.45, 7) is 0. The number of phenols is 3. The molecule has 2 aromatic rings. The van der Waals surface area contributed by atoms with Crippen LogP contribution in [0.25, 0.3) is 0 Å². The summed E-state index contributed by atoms with van der Waals surface area (Å²) in [4.78, 5) is 0.534. The van der Waals surface area contributed by atoms with Crippen LogP contribution in [0.15, 0.2) is 39.8 Å². The van der Waals surface area contributed by atoms with E-state index in [0.717, 1.165) is 12.2 Å². The zero-order valence-corrected chi connectivity index (χ0v) is 9.78. The molecule has 0 saturated heterocycles. The van der Waals surface area contributed by atoms with Crippen molar-refractivity contribution in [1.29, 1.82) is 0 Å². The van der Waals surface area contributed by atoms with Crippen LogP contribution < -0.4 is 0 Å². The zero-order valence-electron chi connectivity index (χ0n) is 8.96. The van der Waals surface area contributed by atoms with Crippen molar-refractivity contribution in [3.05, 3.63) is 36.3 Å². The molecule has 0 amide bonds. The molecule has 90 valence electrons. The Bertz CT molecular complexity index is 493. The van der Waals surface area contributed by atoms with Gasteiger partial charge in [-0.25, -0.2) is 0 Å². The monoisotopic (exact) mass is 252 g/mol. The van der Waals surface area contributed by atoms with E-state index in [-0.39, 0.29) is 11.5 Å². The third-order valence-corrected chi connectivity index (χ3v) is 3.33. The summed E-state index contributed by atoms with van der Waals surface area (Å²) in [5, 5.41) is 28.1. The Morgan fingerprint density at radius 2 is 1.88 bits per heavy atom. The molecule has 1 aromatic carbocycles. The van der Waals surface area contributed by atoms with Crippen LogP contribution in [0.4, 0.5) is 0 Å². The number of thioether (sulfide) groups is 1. The Hall–Kier alpha value is -1.75. The fraction of sp³-hybridized carbons (Fsp3) is 0.167. The van der Waals surface area contributed by atoms with E-state index in [0.29, 0.717) is 10.6 Å². The molecule has 2 rings (SSSR count). The highest BCUT2D eigenvalue weighted by Crippen LogP contribution is 2.41. The normalized spacial score (nSPS) is 10.6. The van der Waals surface area contributed by atoms with Crippen LogP contribution in [-0.2, 0) is 6.42 Å². The number of benzene rings is 1. The van der Waals surface area contributed by atoms with Gasteiger partial charge in [-0.1, -0.05) is 0 Å². The van der Waals surface area contributed by atoms with E-state index in [9.17, 15) is 10.2 Å². The van der Waals surface area contributed by atoms with Crippen molar-refractivity contribution in [2.24, 2.45) is 0 Å². The first-order valence-corrected chi connectivity index (χ1v) is 6.06. The van der Waals surface area contributed by atoms with E-state index in [2.05, 4.69) is 0 Å². The van der Waals surface area contributed by atoms with Gasteiger partial charge in [0.25, 0.3) is 0 Å². The summed E-state index contributed by atoms with van der Waals surface area (Å²) in [6.07, 6.45) is 2.35. The van der Waals surface area contributed by atoms with Crippen LogP contribution in [0.1, 0.15) is 5.76 Å². The number of rotatable bonds is 4. The Balaban J connectivity index is 1.97. The fourth-order valence-corrected chi connectivity index (χ4v) is 2.30. The lowest BCUT2D eigenvalue weighted by atomic mass is 10.3. The quantitative estimate of drug-likeness (QED) is 0.576. The first-order valence-electron chi connectivity index (χ1n) is 5.07. The summed E-state index contributed by atoms with van der Waals surface area (Å²) in [6, 6.07) is 6.63. The number of hydrogen-bond donors (Lipinski definition) is 3. The molecule has 3 N–H and O–H groups in total. The molecular weight excluding hydrogens is 240 g/mol. The number of furan rings is 1. The van der Waals surface area contributed by atoms with Gasteiger partial charge in [-0.15, -0.1) is 11.8 Å². The molecule has 0 aliphatic rings. The van der Waals surface area contributed by atoms with Crippen LogP contribution in [0.3, 0.4) is 0 Å². The molecule has 0 fully saturated rings. The van der Waals surface area contributed by atoms with Crippen LogP contribution >= 0.6 is 11.8 Å². The molecule has 0 atom stereocenters. The van der Waals surface area contributed by atoms with Gasteiger partial charge < -0.3 is 19.7 Å². The largest absolute Gasteiger partial charge is 0.504 e. The minimum Gasteiger partial charge on any atom is -0.504 e. The SMILES string of the molecule is Oc1ccc(SCCc2ccco2)c(O)c1O. The maximum absolute atomic E-state index is 9.58. The molecule has 0 aliphatic carbocycles. The summed E-state index contributed by atoms with van der Waals surface area (Å²) < 4.78 is 5.18. The van der Waals surface area contributed by atoms with Crippen molar-refractivity contribution < 1.29 is 19.7 Å². The van der Waals surface area contributed by atoms with Gasteiger partial charge in [0.15, 0.2) is 11.5 Å². The lowest BCUT2D eigenvalue weighted by Gasteiger charge is -2.06. The molecule has 17 heavy (non-hydrogen) atoms. The van der Waals surface area contributed by atoms with Crippen LogP contribution in [-0.4, -0.2) is 21.1 Å². The highest BCUT2D eigenvalue weighted by Gasteiger charge is 2.11. The predicted molar refractivity (Wildman–Crippen MR) is 64.6 cm³/mol. The van der Waals surface area contributed by atoms with Gasteiger partial charge in [0.1, 0.15) is 5.76 Å². The van der Waals surface area contributed by atoms with E-state index in [1.54, 1.807) is 12.3 Å². The lowest BCUT2D eigenvalue weighted by Crippen LogP contribution is -1.86. The topological polar surface area (TPSA) is 73.8 Å². The summed E-state index contributed by atoms with van der Waals surface area (Å²) in [5.41, 5.74) is 0. The number of phenolic OH excluding ortho intramolecular Hbond substituents is 3. The third kappa shape index (κ3) is 2.68. The van der Waals surface area contributed by atoms with Crippen molar-refractivity contribution >= 4 is 11.8 Å². The standard InChI is InChI=1S/C12H12O4S/c13-9-3-4-10(12(15)11(9)14)17-7-5-8-2-1-6-16-8/h1-4,6,13-15H,5,7H2. The lowest BCUT2D eigenvalue weighted by molar-refractivity contribution is 0.362. The third-order valence-electron chi connectivity index (χ3n) is 2.28. The molecule has 5 heteroatoms. The highest BCUT2D eigenvalue weighted by molar-refractivity contribution is 7.99. The maximum atomic E-state index is 9.58. The predicted octanol–water partition coefficient (Wildman–Crippen LogP) is 2.73. The van der Waals surface area contributed by atoms with Crippen LogP contribution in [0.5, 0.6) is 17.2 Å².